The molecule has 0 atom stereocenters. The van der Waals surface area contributed by atoms with Crippen molar-refractivity contribution < 1.29 is 38.1 Å². The molecule has 0 saturated carbocycles. The fraction of sp³-hybridized carbons (Fsp3) is 0.714. The molecular weight excluding hydrogens is 352 g/mol. The quantitative estimate of drug-likeness (QED) is 0.212. The van der Waals surface area contributed by atoms with Crippen molar-refractivity contribution in [1.82, 2.24) is 0 Å². The molecule has 0 aromatic carbocycles. The summed E-state index contributed by atoms with van der Waals surface area (Å²) in [6, 6.07) is 3.14. The van der Waals surface area contributed by atoms with Crippen molar-refractivity contribution in [2.24, 2.45) is 0 Å². The van der Waals surface area contributed by atoms with Gasteiger partial charge in [0.1, 0.15) is 0 Å². The maximum atomic E-state index is 10.9. The molecule has 0 unspecified atom stereocenters. The normalized spacial score (nSPS) is 11.4. The summed E-state index contributed by atoms with van der Waals surface area (Å²) in [7, 11) is -1.09. The SMILES string of the molecule is CC(=O)OC(C[SiH2]CC[SiH2]CC(OC(C)=O)OC(C)=O)OC(C)=O. The predicted molar refractivity (Wildman–Crippen MR) is 91.0 cm³/mol. The zero-order chi connectivity index (χ0) is 18.5. The van der Waals surface area contributed by atoms with Crippen molar-refractivity contribution in [3.63, 3.8) is 0 Å². The Morgan fingerprint density at radius 1 is 0.625 bits per heavy atom. The van der Waals surface area contributed by atoms with Crippen molar-refractivity contribution in [2.75, 3.05) is 0 Å². The van der Waals surface area contributed by atoms with Crippen LogP contribution in [0.15, 0.2) is 0 Å². The van der Waals surface area contributed by atoms with Crippen LogP contribution in [0.1, 0.15) is 27.7 Å². The average molecular weight is 379 g/mol. The van der Waals surface area contributed by atoms with Crippen LogP contribution in [0.5, 0.6) is 0 Å². The highest BCUT2D eigenvalue weighted by molar-refractivity contribution is 6.42. The van der Waals surface area contributed by atoms with Crippen LogP contribution < -0.4 is 0 Å². The van der Waals surface area contributed by atoms with E-state index >= 15 is 0 Å². The van der Waals surface area contributed by atoms with Crippen LogP contribution >= 0.6 is 0 Å². The molecule has 0 saturated heterocycles. The molecule has 0 N–H and O–H groups in total. The Morgan fingerprint density at radius 3 is 1.08 bits per heavy atom. The van der Waals surface area contributed by atoms with Crippen molar-refractivity contribution in [3.05, 3.63) is 0 Å². The van der Waals surface area contributed by atoms with Gasteiger partial charge in [0.25, 0.3) is 0 Å². The van der Waals surface area contributed by atoms with Gasteiger partial charge in [0.2, 0.25) is 12.6 Å². The Balaban J connectivity index is 3.99. The Bertz CT molecular complexity index is 368. The largest absolute Gasteiger partial charge is 0.426 e. The maximum Gasteiger partial charge on any atom is 0.305 e. The van der Waals surface area contributed by atoms with E-state index in [0.29, 0.717) is 12.1 Å². The number of hydrogen-bond acceptors (Lipinski definition) is 8. The van der Waals surface area contributed by atoms with Crippen molar-refractivity contribution in [3.8, 4) is 0 Å². The van der Waals surface area contributed by atoms with Crippen LogP contribution in [0.4, 0.5) is 0 Å². The van der Waals surface area contributed by atoms with E-state index in [1.54, 1.807) is 0 Å². The molecule has 0 aromatic rings. The minimum Gasteiger partial charge on any atom is -0.426 e. The minimum atomic E-state index is -0.789. The molecule has 0 radical (unpaired) electrons. The number of carbonyl (C=O) groups is 4. The van der Waals surface area contributed by atoms with E-state index in [0.717, 1.165) is 12.1 Å². The molecule has 0 aliphatic carbocycles. The number of rotatable bonds is 11. The van der Waals surface area contributed by atoms with Gasteiger partial charge in [-0.25, -0.2) is 0 Å². The van der Waals surface area contributed by atoms with Crippen LogP contribution in [0.3, 0.4) is 0 Å². The van der Waals surface area contributed by atoms with Gasteiger partial charge in [-0.15, -0.1) is 0 Å². The summed E-state index contributed by atoms with van der Waals surface area (Å²) in [5.41, 5.74) is 0. The van der Waals surface area contributed by atoms with Crippen LogP contribution in [-0.4, -0.2) is 55.5 Å². The first kappa shape index (κ1) is 22.3. The highest BCUT2D eigenvalue weighted by atomic mass is 28.2. The van der Waals surface area contributed by atoms with Gasteiger partial charge in [0.05, 0.1) is 0 Å². The standard InChI is InChI=1S/C14H26O8Si2/c1-9(15)19-13(20-10(2)16)7-23-5-6-24-8-14(21-11(3)17)22-12(4)18/h13-14H,5-8,23-24H2,1-4H3. The second-order valence-electron chi connectivity index (χ2n) is 5.29. The van der Waals surface area contributed by atoms with Crippen molar-refractivity contribution in [1.29, 1.82) is 0 Å². The van der Waals surface area contributed by atoms with Crippen LogP contribution in [0.2, 0.25) is 24.2 Å². The first-order valence-corrected chi connectivity index (χ1v) is 11.9. The molecule has 0 aliphatic rings. The number of ether oxygens (including phenoxy) is 4. The summed E-state index contributed by atoms with van der Waals surface area (Å²) in [5.74, 6) is -1.91. The topological polar surface area (TPSA) is 105 Å². The van der Waals surface area contributed by atoms with Gasteiger partial charge < -0.3 is 18.9 Å². The van der Waals surface area contributed by atoms with Gasteiger partial charge in [-0.1, -0.05) is 12.1 Å². The Labute approximate surface area is 146 Å². The average Bonchev–Trinajstić information content (AvgIpc) is 2.39. The number of carbonyl (C=O) groups excluding carboxylic acids is 4. The molecule has 0 aliphatic heterocycles. The van der Waals surface area contributed by atoms with Crippen LogP contribution in [0, 0.1) is 0 Å². The third-order valence-electron chi connectivity index (χ3n) is 2.82. The third kappa shape index (κ3) is 13.9. The van der Waals surface area contributed by atoms with E-state index in [1.165, 1.54) is 27.7 Å². The molecule has 0 heterocycles. The summed E-state index contributed by atoms with van der Waals surface area (Å²) in [6.07, 6.45) is -1.58. The first-order chi connectivity index (χ1) is 11.2. The zero-order valence-electron chi connectivity index (χ0n) is 14.7. The van der Waals surface area contributed by atoms with Gasteiger partial charge in [-0.3, -0.25) is 19.2 Å². The molecule has 0 amide bonds. The Hall–Kier alpha value is -1.69. The van der Waals surface area contributed by atoms with E-state index in [-0.39, 0.29) is 0 Å². The number of esters is 4. The smallest absolute Gasteiger partial charge is 0.305 e. The molecule has 0 fully saturated rings. The summed E-state index contributed by atoms with van der Waals surface area (Å²) >= 11 is 0. The minimum absolute atomic E-state index is 0.477. The molecule has 8 nitrogen and oxygen atoms in total. The molecule has 24 heavy (non-hydrogen) atoms. The third-order valence-corrected chi connectivity index (χ3v) is 7.58. The molecular formula is C14H26O8Si2. The fourth-order valence-corrected chi connectivity index (χ4v) is 6.54. The summed E-state index contributed by atoms with van der Waals surface area (Å²) < 4.78 is 19.8. The fourth-order valence-electron chi connectivity index (χ4n) is 2.00. The van der Waals surface area contributed by atoms with Crippen molar-refractivity contribution in [2.45, 2.75) is 64.5 Å². The van der Waals surface area contributed by atoms with E-state index in [9.17, 15) is 19.2 Å². The van der Waals surface area contributed by atoms with Gasteiger partial charge in [0.15, 0.2) is 0 Å². The molecule has 138 valence electrons. The highest BCUT2D eigenvalue weighted by Crippen LogP contribution is 2.08. The van der Waals surface area contributed by atoms with Gasteiger partial charge >= 0.3 is 23.9 Å². The van der Waals surface area contributed by atoms with E-state index in [2.05, 4.69) is 0 Å². The predicted octanol–water partition coefficient (Wildman–Crippen LogP) is -0.0982. The zero-order valence-corrected chi connectivity index (χ0v) is 17.5. The summed E-state index contributed by atoms with van der Waals surface area (Å²) in [5, 5.41) is 0. The van der Waals surface area contributed by atoms with Gasteiger partial charge in [0, 0.05) is 58.8 Å². The molecule has 10 heteroatoms. The van der Waals surface area contributed by atoms with Crippen LogP contribution in [-0.2, 0) is 38.1 Å². The van der Waals surface area contributed by atoms with E-state index in [1.807, 2.05) is 0 Å². The van der Waals surface area contributed by atoms with E-state index in [4.69, 9.17) is 18.9 Å². The lowest BCUT2D eigenvalue weighted by Crippen LogP contribution is -2.24. The lowest BCUT2D eigenvalue weighted by molar-refractivity contribution is -0.183. The Morgan fingerprint density at radius 2 is 0.875 bits per heavy atom. The summed E-state index contributed by atoms with van der Waals surface area (Å²) in [4.78, 5) is 43.8. The second-order valence-corrected chi connectivity index (χ2v) is 9.27. The van der Waals surface area contributed by atoms with Gasteiger partial charge in [-0.2, -0.15) is 0 Å². The molecule has 0 aromatic heterocycles. The first-order valence-electron chi connectivity index (χ1n) is 7.89. The van der Waals surface area contributed by atoms with Crippen LogP contribution in [0.25, 0.3) is 0 Å². The highest BCUT2D eigenvalue weighted by Gasteiger charge is 2.16. The monoisotopic (exact) mass is 378 g/mol. The maximum absolute atomic E-state index is 10.9. The lowest BCUT2D eigenvalue weighted by Gasteiger charge is -2.17. The van der Waals surface area contributed by atoms with E-state index < -0.39 is 55.5 Å². The molecule has 0 spiro atoms. The van der Waals surface area contributed by atoms with Crippen molar-refractivity contribution >= 4 is 42.9 Å². The van der Waals surface area contributed by atoms with Gasteiger partial charge in [-0.05, 0) is 0 Å². The Kier molecular flexibility index (Phi) is 11.8. The summed E-state index contributed by atoms with van der Waals surface area (Å²) in [6.45, 7) is 5.09. The lowest BCUT2D eigenvalue weighted by atomic mass is 10.7. The second kappa shape index (κ2) is 12.7. The number of hydrogen-bond donors (Lipinski definition) is 0. The molecule has 0 bridgehead atoms. The molecule has 0 rings (SSSR count).